The summed E-state index contributed by atoms with van der Waals surface area (Å²) in [6.07, 6.45) is 0. The van der Waals surface area contributed by atoms with E-state index in [4.69, 9.17) is 4.74 Å². The molecule has 0 saturated carbocycles. The number of nitrogens with one attached hydrogen (secondary N) is 1. The van der Waals surface area contributed by atoms with Gasteiger partial charge in [0.15, 0.2) is 0 Å². The molecule has 2 aromatic rings. The number of amides is 1. The highest BCUT2D eigenvalue weighted by Gasteiger charge is 2.24. The zero-order valence-electron chi connectivity index (χ0n) is 16.3. The summed E-state index contributed by atoms with van der Waals surface area (Å²) in [7, 11) is -0.794. The molecule has 0 aliphatic heterocycles. The summed E-state index contributed by atoms with van der Waals surface area (Å²) in [5, 5.41) is 2.76. The van der Waals surface area contributed by atoms with Gasteiger partial charge in [-0.25, -0.2) is 8.42 Å². The highest BCUT2D eigenvalue weighted by Crippen LogP contribution is 2.25. The second kappa shape index (κ2) is 8.54. The lowest BCUT2D eigenvalue weighted by Gasteiger charge is -2.19. The Labute approximate surface area is 161 Å². The van der Waals surface area contributed by atoms with Crippen LogP contribution in [0, 0.1) is 6.92 Å². The fraction of sp³-hybridized carbons (Fsp3) is 0.350. The highest BCUT2D eigenvalue weighted by molar-refractivity contribution is 7.89. The van der Waals surface area contributed by atoms with Crippen molar-refractivity contribution >= 4 is 15.9 Å². The van der Waals surface area contributed by atoms with Crippen LogP contribution in [-0.4, -0.2) is 38.8 Å². The Kier molecular flexibility index (Phi) is 6.62. The van der Waals surface area contributed by atoms with Crippen LogP contribution >= 0.6 is 0 Å². The molecule has 0 spiro atoms. The number of methoxy groups -OCH3 is 1. The van der Waals surface area contributed by atoms with Crippen molar-refractivity contribution < 1.29 is 17.9 Å². The molecular weight excluding hydrogens is 364 g/mol. The van der Waals surface area contributed by atoms with Crippen LogP contribution in [0.5, 0.6) is 5.75 Å². The molecule has 0 radical (unpaired) electrons. The first-order valence-electron chi connectivity index (χ1n) is 8.66. The first-order valence-corrected chi connectivity index (χ1v) is 10.1. The van der Waals surface area contributed by atoms with Gasteiger partial charge in [-0.05, 0) is 44.5 Å². The van der Waals surface area contributed by atoms with E-state index in [2.05, 4.69) is 5.32 Å². The fourth-order valence-corrected chi connectivity index (χ4v) is 3.77. The van der Waals surface area contributed by atoms with E-state index < -0.39 is 10.0 Å². The minimum absolute atomic E-state index is 0.0480. The molecule has 0 bridgehead atoms. The molecule has 0 saturated heterocycles. The molecule has 7 heteroatoms. The molecule has 0 heterocycles. The van der Waals surface area contributed by atoms with Gasteiger partial charge in [-0.3, -0.25) is 4.79 Å². The van der Waals surface area contributed by atoms with Crippen molar-refractivity contribution in [3.05, 3.63) is 59.2 Å². The Morgan fingerprint density at radius 2 is 1.78 bits per heavy atom. The van der Waals surface area contributed by atoms with Crippen LogP contribution in [0.3, 0.4) is 0 Å². The van der Waals surface area contributed by atoms with Gasteiger partial charge in [0.1, 0.15) is 5.75 Å². The number of hydrogen-bond acceptors (Lipinski definition) is 4. The summed E-state index contributed by atoms with van der Waals surface area (Å²) in [5.41, 5.74) is 2.19. The van der Waals surface area contributed by atoms with E-state index in [1.165, 1.54) is 36.7 Å². The number of nitrogens with zero attached hydrogens (tertiary/aromatic N) is 1. The third-order valence-corrected chi connectivity index (χ3v) is 5.87. The Hall–Kier alpha value is -2.38. The summed E-state index contributed by atoms with van der Waals surface area (Å²) >= 11 is 0. The summed E-state index contributed by atoms with van der Waals surface area (Å²) in [4.78, 5) is 12.5. The Morgan fingerprint density at radius 1 is 1.15 bits per heavy atom. The van der Waals surface area contributed by atoms with Crippen molar-refractivity contribution in [2.45, 2.75) is 38.3 Å². The van der Waals surface area contributed by atoms with Gasteiger partial charge in [0.2, 0.25) is 10.0 Å². The minimum atomic E-state index is -3.76. The summed E-state index contributed by atoms with van der Waals surface area (Å²) in [6.45, 7) is 5.88. The number of benzene rings is 2. The predicted molar refractivity (Wildman–Crippen MR) is 105 cm³/mol. The van der Waals surface area contributed by atoms with Gasteiger partial charge in [0, 0.05) is 19.6 Å². The van der Waals surface area contributed by atoms with E-state index in [0.29, 0.717) is 5.75 Å². The van der Waals surface area contributed by atoms with Crippen LogP contribution in [0.4, 0.5) is 0 Å². The van der Waals surface area contributed by atoms with Crippen molar-refractivity contribution in [3.63, 3.8) is 0 Å². The molecule has 0 aliphatic carbocycles. The summed E-state index contributed by atoms with van der Waals surface area (Å²) < 4.78 is 32.4. The van der Waals surface area contributed by atoms with Crippen molar-refractivity contribution in [2.75, 3.05) is 14.2 Å². The molecule has 0 aromatic heterocycles. The maximum Gasteiger partial charge on any atom is 0.255 e. The van der Waals surface area contributed by atoms with Crippen LogP contribution in [0.1, 0.15) is 35.3 Å². The lowest BCUT2D eigenvalue weighted by atomic mass is 10.1. The summed E-state index contributed by atoms with van der Waals surface area (Å²) in [5.74, 6) is -0.0478. The van der Waals surface area contributed by atoms with E-state index in [9.17, 15) is 13.2 Å². The summed E-state index contributed by atoms with van der Waals surface area (Å²) in [6, 6.07) is 11.9. The molecule has 0 fully saturated rings. The van der Waals surface area contributed by atoms with Gasteiger partial charge < -0.3 is 10.1 Å². The van der Waals surface area contributed by atoms with Gasteiger partial charge in [-0.1, -0.05) is 29.8 Å². The Balaban J connectivity index is 2.34. The van der Waals surface area contributed by atoms with Gasteiger partial charge in [0.05, 0.1) is 17.6 Å². The second-order valence-electron chi connectivity index (χ2n) is 6.74. The zero-order valence-corrected chi connectivity index (χ0v) is 17.1. The molecule has 1 N–H and O–H groups in total. The Morgan fingerprint density at radius 3 is 2.33 bits per heavy atom. The first-order chi connectivity index (χ1) is 12.6. The van der Waals surface area contributed by atoms with Crippen LogP contribution in [0.2, 0.25) is 0 Å². The van der Waals surface area contributed by atoms with E-state index in [1.807, 2.05) is 45.0 Å². The van der Waals surface area contributed by atoms with Crippen molar-refractivity contribution in [1.29, 1.82) is 0 Å². The number of rotatable bonds is 7. The van der Waals surface area contributed by atoms with Gasteiger partial charge in [-0.2, -0.15) is 4.31 Å². The number of carbonyl (C=O) groups is 1. The number of carbonyl (C=O) groups excluding carboxylic acids is 1. The molecule has 1 amide bonds. The van der Waals surface area contributed by atoms with Crippen LogP contribution in [-0.2, 0) is 16.6 Å². The quantitative estimate of drug-likeness (QED) is 0.789. The van der Waals surface area contributed by atoms with Crippen molar-refractivity contribution in [1.82, 2.24) is 9.62 Å². The van der Waals surface area contributed by atoms with Crippen LogP contribution in [0.15, 0.2) is 47.4 Å². The average Bonchev–Trinajstić information content (AvgIpc) is 2.62. The third kappa shape index (κ3) is 5.08. The average molecular weight is 391 g/mol. The number of ether oxygens (including phenoxy) is 1. The second-order valence-corrected chi connectivity index (χ2v) is 8.78. The molecule has 6 nitrogen and oxygen atoms in total. The van der Waals surface area contributed by atoms with E-state index in [0.717, 1.165) is 11.1 Å². The SMILES string of the molecule is COc1ccc(S(=O)(=O)N(C)Cc2ccc(C)cc2)cc1C(=O)NC(C)C. The smallest absolute Gasteiger partial charge is 0.255 e. The van der Waals surface area contributed by atoms with E-state index in [1.54, 1.807) is 0 Å². The van der Waals surface area contributed by atoms with E-state index in [-0.39, 0.29) is 29.0 Å². The molecule has 0 atom stereocenters. The van der Waals surface area contributed by atoms with Gasteiger partial charge >= 0.3 is 0 Å². The fourth-order valence-electron chi connectivity index (χ4n) is 2.58. The largest absolute Gasteiger partial charge is 0.496 e. The minimum Gasteiger partial charge on any atom is -0.496 e. The third-order valence-electron chi connectivity index (χ3n) is 4.07. The molecule has 2 aromatic carbocycles. The number of sulfonamides is 1. The molecule has 0 unspecified atom stereocenters. The molecule has 0 aliphatic rings. The van der Waals surface area contributed by atoms with Gasteiger partial charge in [-0.15, -0.1) is 0 Å². The molecular formula is C20H26N2O4S. The monoisotopic (exact) mass is 390 g/mol. The van der Waals surface area contributed by atoms with Crippen molar-refractivity contribution in [2.24, 2.45) is 0 Å². The molecule has 146 valence electrons. The predicted octanol–water partition coefficient (Wildman–Crippen LogP) is 2.96. The number of hydrogen-bond donors (Lipinski definition) is 1. The van der Waals surface area contributed by atoms with Crippen molar-refractivity contribution in [3.8, 4) is 5.75 Å². The zero-order chi connectivity index (χ0) is 20.2. The lowest BCUT2D eigenvalue weighted by molar-refractivity contribution is 0.0940. The van der Waals surface area contributed by atoms with Crippen LogP contribution in [0.25, 0.3) is 0 Å². The van der Waals surface area contributed by atoms with Gasteiger partial charge in [0.25, 0.3) is 5.91 Å². The lowest BCUT2D eigenvalue weighted by Crippen LogP contribution is -2.31. The number of aryl methyl sites for hydroxylation is 1. The normalized spacial score (nSPS) is 11.7. The topological polar surface area (TPSA) is 75.7 Å². The highest BCUT2D eigenvalue weighted by atomic mass is 32.2. The van der Waals surface area contributed by atoms with Crippen LogP contribution < -0.4 is 10.1 Å². The maximum absolute atomic E-state index is 13.0. The Bertz CT molecular complexity index is 906. The molecule has 27 heavy (non-hydrogen) atoms. The first kappa shape index (κ1) is 20.9. The standard InChI is InChI=1S/C20H26N2O4S/c1-14(2)21-20(23)18-12-17(10-11-19(18)26-5)27(24,25)22(4)13-16-8-6-15(3)7-9-16/h6-12,14H,13H2,1-5H3,(H,21,23). The molecule has 2 rings (SSSR count). The maximum atomic E-state index is 13.0. The van der Waals surface area contributed by atoms with E-state index >= 15 is 0 Å².